The van der Waals surface area contributed by atoms with Crippen LogP contribution in [-0.2, 0) is 0 Å². The van der Waals surface area contributed by atoms with Gasteiger partial charge in [-0.25, -0.2) is 0 Å². The number of nitrogens with one attached hydrogen (secondary N) is 2. The zero-order valence-electron chi connectivity index (χ0n) is 11.1. The van der Waals surface area contributed by atoms with Crippen LogP contribution in [-0.4, -0.2) is 36.4 Å². The van der Waals surface area contributed by atoms with Crippen LogP contribution in [0.15, 0.2) is 0 Å². The van der Waals surface area contributed by atoms with Gasteiger partial charge < -0.3 is 15.7 Å². The fourth-order valence-electron chi connectivity index (χ4n) is 2.30. The van der Waals surface area contributed by atoms with Gasteiger partial charge in [0.05, 0.1) is 5.60 Å². The molecule has 1 rings (SSSR count). The van der Waals surface area contributed by atoms with Gasteiger partial charge in [0.15, 0.2) is 0 Å². The van der Waals surface area contributed by atoms with Crippen molar-refractivity contribution < 1.29 is 5.11 Å². The van der Waals surface area contributed by atoms with Crippen LogP contribution in [0.4, 0.5) is 0 Å². The molecule has 3 N–H and O–H groups in total. The van der Waals surface area contributed by atoms with E-state index in [1.807, 2.05) is 6.92 Å². The molecule has 0 aromatic heterocycles. The van der Waals surface area contributed by atoms with Crippen molar-refractivity contribution in [2.45, 2.75) is 58.1 Å². The molecule has 0 radical (unpaired) electrons. The van der Waals surface area contributed by atoms with E-state index in [1.54, 1.807) is 0 Å². The summed E-state index contributed by atoms with van der Waals surface area (Å²) in [7, 11) is 0. The third kappa shape index (κ3) is 4.81. The van der Waals surface area contributed by atoms with Crippen molar-refractivity contribution in [2.75, 3.05) is 19.6 Å². The van der Waals surface area contributed by atoms with E-state index in [0.717, 1.165) is 19.5 Å². The highest BCUT2D eigenvalue weighted by Crippen LogP contribution is 2.18. The van der Waals surface area contributed by atoms with Crippen LogP contribution in [0, 0.1) is 5.92 Å². The first-order valence-corrected chi connectivity index (χ1v) is 6.69. The smallest absolute Gasteiger partial charge is 0.0895 e. The van der Waals surface area contributed by atoms with Gasteiger partial charge in [0.25, 0.3) is 0 Å². The van der Waals surface area contributed by atoms with Crippen molar-refractivity contribution in [1.82, 2.24) is 10.6 Å². The van der Waals surface area contributed by atoms with Gasteiger partial charge >= 0.3 is 0 Å². The molecule has 0 amide bonds. The zero-order chi connectivity index (χ0) is 12.0. The molecule has 1 fully saturated rings. The number of rotatable bonds is 5. The monoisotopic (exact) mass is 228 g/mol. The average Bonchev–Trinajstić information content (AvgIpc) is 2.44. The molecular weight excluding hydrogens is 200 g/mol. The fourth-order valence-corrected chi connectivity index (χ4v) is 2.30. The third-order valence-electron chi connectivity index (χ3n) is 3.35. The Labute approximate surface area is 100 Å². The Kier molecular flexibility index (Phi) is 5.73. The minimum Gasteiger partial charge on any atom is -0.387 e. The van der Waals surface area contributed by atoms with Gasteiger partial charge in [0.2, 0.25) is 0 Å². The highest BCUT2D eigenvalue weighted by Gasteiger charge is 2.31. The second-order valence-electron chi connectivity index (χ2n) is 5.74. The summed E-state index contributed by atoms with van der Waals surface area (Å²) in [6.45, 7) is 9.03. The van der Waals surface area contributed by atoms with E-state index in [9.17, 15) is 5.11 Å². The molecule has 2 unspecified atom stereocenters. The van der Waals surface area contributed by atoms with Gasteiger partial charge in [-0.15, -0.1) is 0 Å². The van der Waals surface area contributed by atoms with Gasteiger partial charge in [-0.2, -0.15) is 0 Å². The van der Waals surface area contributed by atoms with E-state index < -0.39 is 5.60 Å². The summed E-state index contributed by atoms with van der Waals surface area (Å²) in [5.41, 5.74) is -0.626. The summed E-state index contributed by atoms with van der Waals surface area (Å²) >= 11 is 0. The molecule has 3 heteroatoms. The molecule has 1 aliphatic rings. The van der Waals surface area contributed by atoms with Crippen LogP contribution >= 0.6 is 0 Å². The highest BCUT2D eigenvalue weighted by atomic mass is 16.3. The SMILES string of the molecule is CC(C)CNCC(C)(O)C1CCCCCN1. The largest absolute Gasteiger partial charge is 0.387 e. The van der Waals surface area contributed by atoms with Gasteiger partial charge in [-0.1, -0.05) is 26.7 Å². The van der Waals surface area contributed by atoms with Gasteiger partial charge in [-0.3, -0.25) is 0 Å². The Bertz CT molecular complexity index is 184. The predicted molar refractivity (Wildman–Crippen MR) is 68.6 cm³/mol. The molecule has 0 saturated carbocycles. The molecule has 1 aliphatic heterocycles. The van der Waals surface area contributed by atoms with E-state index in [1.165, 1.54) is 19.3 Å². The van der Waals surface area contributed by atoms with Crippen molar-refractivity contribution >= 4 is 0 Å². The van der Waals surface area contributed by atoms with E-state index in [-0.39, 0.29) is 6.04 Å². The number of hydrogen-bond donors (Lipinski definition) is 3. The molecule has 0 aromatic carbocycles. The molecular formula is C13H28N2O. The molecule has 3 nitrogen and oxygen atoms in total. The first-order chi connectivity index (χ1) is 7.52. The first kappa shape index (κ1) is 13.9. The van der Waals surface area contributed by atoms with E-state index in [2.05, 4.69) is 24.5 Å². The van der Waals surface area contributed by atoms with E-state index in [0.29, 0.717) is 12.5 Å². The standard InChI is InChI=1S/C13H28N2O/c1-11(2)9-14-10-13(3,16)12-7-5-4-6-8-15-12/h11-12,14-16H,4-10H2,1-3H3. The van der Waals surface area contributed by atoms with E-state index >= 15 is 0 Å². The lowest BCUT2D eigenvalue weighted by atomic mass is 9.92. The summed E-state index contributed by atoms with van der Waals surface area (Å²) < 4.78 is 0. The van der Waals surface area contributed by atoms with Crippen LogP contribution in [0.1, 0.15) is 46.5 Å². The average molecular weight is 228 g/mol. The maximum absolute atomic E-state index is 10.5. The molecule has 16 heavy (non-hydrogen) atoms. The number of aliphatic hydroxyl groups is 1. The number of hydrogen-bond acceptors (Lipinski definition) is 3. The topological polar surface area (TPSA) is 44.3 Å². The Morgan fingerprint density at radius 3 is 2.81 bits per heavy atom. The maximum atomic E-state index is 10.5. The second-order valence-corrected chi connectivity index (χ2v) is 5.74. The minimum absolute atomic E-state index is 0.245. The molecule has 2 atom stereocenters. The molecule has 0 aliphatic carbocycles. The Morgan fingerprint density at radius 1 is 1.38 bits per heavy atom. The van der Waals surface area contributed by atoms with E-state index in [4.69, 9.17) is 0 Å². The summed E-state index contributed by atoms with van der Waals surface area (Å²) in [5.74, 6) is 0.637. The molecule has 1 heterocycles. The summed E-state index contributed by atoms with van der Waals surface area (Å²) in [6.07, 6.45) is 4.86. The summed E-state index contributed by atoms with van der Waals surface area (Å²) in [4.78, 5) is 0. The van der Waals surface area contributed by atoms with Crippen LogP contribution < -0.4 is 10.6 Å². The summed E-state index contributed by atoms with van der Waals surface area (Å²) in [6, 6.07) is 0.245. The van der Waals surface area contributed by atoms with Crippen molar-refractivity contribution in [3.63, 3.8) is 0 Å². The zero-order valence-corrected chi connectivity index (χ0v) is 11.1. The lowest BCUT2D eigenvalue weighted by Crippen LogP contribution is -2.54. The lowest BCUT2D eigenvalue weighted by Gasteiger charge is -2.33. The van der Waals surface area contributed by atoms with Gasteiger partial charge in [0.1, 0.15) is 0 Å². The van der Waals surface area contributed by atoms with Gasteiger partial charge in [0, 0.05) is 12.6 Å². The Balaban J connectivity index is 2.34. The molecule has 0 aromatic rings. The molecule has 0 spiro atoms. The van der Waals surface area contributed by atoms with Crippen LogP contribution in [0.25, 0.3) is 0 Å². The minimum atomic E-state index is -0.626. The normalized spacial score (nSPS) is 26.4. The lowest BCUT2D eigenvalue weighted by molar-refractivity contribution is 0.0180. The Morgan fingerprint density at radius 2 is 2.12 bits per heavy atom. The molecule has 96 valence electrons. The third-order valence-corrected chi connectivity index (χ3v) is 3.35. The van der Waals surface area contributed by atoms with Crippen LogP contribution in [0.3, 0.4) is 0 Å². The second kappa shape index (κ2) is 6.58. The first-order valence-electron chi connectivity index (χ1n) is 6.69. The van der Waals surface area contributed by atoms with Crippen molar-refractivity contribution in [1.29, 1.82) is 0 Å². The quantitative estimate of drug-likeness (QED) is 0.668. The summed E-state index contributed by atoms with van der Waals surface area (Å²) in [5, 5.41) is 17.3. The molecule has 0 bridgehead atoms. The maximum Gasteiger partial charge on any atom is 0.0895 e. The predicted octanol–water partition coefficient (Wildman–Crippen LogP) is 1.52. The van der Waals surface area contributed by atoms with Crippen molar-refractivity contribution in [3.8, 4) is 0 Å². The molecule has 1 saturated heterocycles. The fraction of sp³-hybridized carbons (Fsp3) is 1.00. The highest BCUT2D eigenvalue weighted by molar-refractivity contribution is 4.90. The Hall–Kier alpha value is -0.120. The van der Waals surface area contributed by atoms with Crippen molar-refractivity contribution in [2.24, 2.45) is 5.92 Å². The van der Waals surface area contributed by atoms with Crippen molar-refractivity contribution in [3.05, 3.63) is 0 Å². The van der Waals surface area contributed by atoms with Crippen LogP contribution in [0.2, 0.25) is 0 Å². The van der Waals surface area contributed by atoms with Crippen LogP contribution in [0.5, 0.6) is 0 Å². The van der Waals surface area contributed by atoms with Gasteiger partial charge in [-0.05, 0) is 38.8 Å².